The first-order valence-corrected chi connectivity index (χ1v) is 8.89. The standard InChI is InChI=1S/C20H23N3O3/c1-11-4-5-16-12(2)19(26-17(16)6-11)20(25)22-18(13-7-15(24)8-13)14-9-21-23(3)10-14/h4-6,9-10,13,15,18,24H,7-8H2,1-3H3,(H,22,25)/t13?,15?,18-/m0/s1. The topological polar surface area (TPSA) is 80.3 Å². The molecule has 1 atom stereocenters. The minimum Gasteiger partial charge on any atom is -0.451 e. The van der Waals surface area contributed by atoms with E-state index in [4.69, 9.17) is 4.42 Å². The van der Waals surface area contributed by atoms with E-state index in [0.717, 1.165) is 27.7 Å². The van der Waals surface area contributed by atoms with Crippen LogP contribution in [0.1, 0.15) is 46.1 Å². The third-order valence-corrected chi connectivity index (χ3v) is 5.29. The number of aliphatic hydroxyl groups is 1. The van der Waals surface area contributed by atoms with Crippen molar-refractivity contribution >= 4 is 16.9 Å². The van der Waals surface area contributed by atoms with Crippen LogP contribution in [0.2, 0.25) is 0 Å². The van der Waals surface area contributed by atoms with Gasteiger partial charge in [0.15, 0.2) is 5.76 Å². The van der Waals surface area contributed by atoms with E-state index in [1.54, 1.807) is 10.9 Å². The maximum atomic E-state index is 12.9. The van der Waals surface area contributed by atoms with Crippen molar-refractivity contribution < 1.29 is 14.3 Å². The molecule has 2 heterocycles. The summed E-state index contributed by atoms with van der Waals surface area (Å²) in [6.45, 7) is 3.90. The molecule has 0 spiro atoms. The van der Waals surface area contributed by atoms with E-state index >= 15 is 0 Å². The van der Waals surface area contributed by atoms with Crippen molar-refractivity contribution in [1.29, 1.82) is 0 Å². The Balaban J connectivity index is 1.63. The number of fused-ring (bicyclic) bond motifs is 1. The summed E-state index contributed by atoms with van der Waals surface area (Å²) in [7, 11) is 1.85. The fourth-order valence-corrected chi connectivity index (χ4v) is 3.73. The quantitative estimate of drug-likeness (QED) is 0.755. The van der Waals surface area contributed by atoms with Crippen molar-refractivity contribution in [3.05, 3.63) is 53.0 Å². The monoisotopic (exact) mass is 353 g/mol. The molecule has 2 N–H and O–H groups in total. The molecular formula is C20H23N3O3. The number of hydrogen-bond donors (Lipinski definition) is 2. The number of amides is 1. The van der Waals surface area contributed by atoms with Gasteiger partial charge in [-0.3, -0.25) is 9.48 Å². The van der Waals surface area contributed by atoms with Crippen molar-refractivity contribution in [2.75, 3.05) is 0 Å². The van der Waals surface area contributed by atoms with Crippen LogP contribution in [0.25, 0.3) is 11.0 Å². The van der Waals surface area contributed by atoms with Crippen LogP contribution in [0.5, 0.6) is 0 Å². The SMILES string of the molecule is Cc1ccc2c(C)c(C(=O)N[C@H](c3cnn(C)c3)C3CC(O)C3)oc2c1. The van der Waals surface area contributed by atoms with Crippen LogP contribution in [0.4, 0.5) is 0 Å². The number of carbonyl (C=O) groups is 1. The van der Waals surface area contributed by atoms with Gasteiger partial charge in [-0.05, 0) is 44.2 Å². The molecule has 6 heteroatoms. The summed E-state index contributed by atoms with van der Waals surface area (Å²) in [5.41, 5.74) is 3.61. The highest BCUT2D eigenvalue weighted by molar-refractivity contribution is 5.99. The number of nitrogens with zero attached hydrogens (tertiary/aromatic N) is 2. The Morgan fingerprint density at radius 3 is 2.81 bits per heavy atom. The molecule has 0 unspecified atom stereocenters. The molecule has 1 saturated carbocycles. The molecule has 1 fully saturated rings. The summed E-state index contributed by atoms with van der Waals surface area (Å²) >= 11 is 0. The molecule has 0 aliphatic heterocycles. The number of aryl methyl sites for hydroxylation is 3. The Hall–Kier alpha value is -2.60. The van der Waals surface area contributed by atoms with Crippen molar-refractivity contribution in [2.24, 2.45) is 13.0 Å². The average Bonchev–Trinajstić information content (AvgIpc) is 3.13. The van der Waals surface area contributed by atoms with E-state index < -0.39 is 0 Å². The van der Waals surface area contributed by atoms with Crippen LogP contribution in [-0.2, 0) is 7.05 Å². The van der Waals surface area contributed by atoms with Gasteiger partial charge in [0, 0.05) is 29.8 Å². The fourth-order valence-electron chi connectivity index (χ4n) is 3.73. The Kier molecular flexibility index (Phi) is 4.07. The number of furan rings is 1. The minimum atomic E-state index is -0.285. The number of rotatable bonds is 4. The molecule has 136 valence electrons. The van der Waals surface area contributed by atoms with E-state index in [2.05, 4.69) is 10.4 Å². The third kappa shape index (κ3) is 2.90. The first-order valence-electron chi connectivity index (χ1n) is 8.89. The van der Waals surface area contributed by atoms with Gasteiger partial charge >= 0.3 is 0 Å². The highest BCUT2D eigenvalue weighted by Gasteiger charge is 2.37. The van der Waals surface area contributed by atoms with Gasteiger partial charge in [-0.25, -0.2) is 0 Å². The largest absolute Gasteiger partial charge is 0.451 e. The van der Waals surface area contributed by atoms with E-state index in [0.29, 0.717) is 18.6 Å². The second-order valence-corrected chi connectivity index (χ2v) is 7.34. The predicted octanol–water partition coefficient (Wildman–Crippen LogP) is 3.03. The lowest BCUT2D eigenvalue weighted by Crippen LogP contribution is -2.41. The van der Waals surface area contributed by atoms with Crippen molar-refractivity contribution in [2.45, 2.75) is 38.8 Å². The predicted molar refractivity (Wildman–Crippen MR) is 97.8 cm³/mol. The molecule has 0 bridgehead atoms. The molecule has 1 aromatic carbocycles. The summed E-state index contributed by atoms with van der Waals surface area (Å²) in [4.78, 5) is 12.9. The first kappa shape index (κ1) is 16.8. The number of carbonyl (C=O) groups excluding carboxylic acids is 1. The van der Waals surface area contributed by atoms with Gasteiger partial charge in [-0.1, -0.05) is 12.1 Å². The van der Waals surface area contributed by atoms with E-state index in [-0.39, 0.29) is 24.0 Å². The molecule has 1 amide bonds. The summed E-state index contributed by atoms with van der Waals surface area (Å²) < 4.78 is 7.57. The molecule has 0 saturated heterocycles. The highest BCUT2D eigenvalue weighted by atomic mass is 16.3. The van der Waals surface area contributed by atoms with Gasteiger partial charge in [0.05, 0.1) is 18.3 Å². The number of aromatic nitrogens is 2. The van der Waals surface area contributed by atoms with Crippen molar-refractivity contribution in [1.82, 2.24) is 15.1 Å². The molecule has 1 aliphatic rings. The lowest BCUT2D eigenvalue weighted by Gasteiger charge is -2.37. The molecule has 3 aromatic rings. The van der Waals surface area contributed by atoms with Crippen LogP contribution >= 0.6 is 0 Å². The van der Waals surface area contributed by atoms with Gasteiger partial charge in [0.1, 0.15) is 5.58 Å². The summed E-state index contributed by atoms with van der Waals surface area (Å²) in [6, 6.07) is 5.76. The summed E-state index contributed by atoms with van der Waals surface area (Å²) in [6.07, 6.45) is 4.75. The normalized spacial score (nSPS) is 20.8. The zero-order valence-corrected chi connectivity index (χ0v) is 15.2. The smallest absolute Gasteiger partial charge is 0.287 e. The Labute approximate surface area is 151 Å². The number of hydrogen-bond acceptors (Lipinski definition) is 4. The van der Waals surface area contributed by atoms with Gasteiger partial charge in [0.2, 0.25) is 0 Å². The Bertz CT molecular complexity index is 966. The van der Waals surface area contributed by atoms with Crippen LogP contribution in [-0.4, -0.2) is 26.9 Å². The third-order valence-electron chi connectivity index (χ3n) is 5.29. The molecule has 1 aliphatic carbocycles. The van der Waals surface area contributed by atoms with Crippen molar-refractivity contribution in [3.8, 4) is 0 Å². The fraction of sp³-hybridized carbons (Fsp3) is 0.400. The van der Waals surface area contributed by atoms with E-state index in [1.165, 1.54) is 0 Å². The Morgan fingerprint density at radius 2 is 2.15 bits per heavy atom. The molecule has 2 aromatic heterocycles. The summed E-state index contributed by atoms with van der Waals surface area (Å²) in [5.74, 6) is 0.316. The lowest BCUT2D eigenvalue weighted by atomic mass is 9.75. The van der Waals surface area contributed by atoms with Crippen LogP contribution < -0.4 is 5.32 Å². The average molecular weight is 353 g/mol. The van der Waals surface area contributed by atoms with Gasteiger partial charge in [-0.15, -0.1) is 0 Å². The van der Waals surface area contributed by atoms with Crippen LogP contribution in [0.3, 0.4) is 0 Å². The molecule has 0 radical (unpaired) electrons. The van der Waals surface area contributed by atoms with Crippen LogP contribution in [0, 0.1) is 19.8 Å². The second kappa shape index (κ2) is 6.29. The van der Waals surface area contributed by atoms with Gasteiger partial charge < -0.3 is 14.8 Å². The maximum Gasteiger partial charge on any atom is 0.287 e. The summed E-state index contributed by atoms with van der Waals surface area (Å²) in [5, 5.41) is 18.0. The maximum absolute atomic E-state index is 12.9. The Morgan fingerprint density at radius 1 is 1.38 bits per heavy atom. The molecular weight excluding hydrogens is 330 g/mol. The number of nitrogens with one attached hydrogen (secondary N) is 1. The van der Waals surface area contributed by atoms with E-state index in [1.807, 2.05) is 45.3 Å². The van der Waals surface area contributed by atoms with E-state index in [9.17, 15) is 9.90 Å². The zero-order chi connectivity index (χ0) is 18.4. The van der Waals surface area contributed by atoms with Crippen molar-refractivity contribution in [3.63, 3.8) is 0 Å². The van der Waals surface area contributed by atoms with Gasteiger partial charge in [0.25, 0.3) is 5.91 Å². The first-order chi connectivity index (χ1) is 12.4. The lowest BCUT2D eigenvalue weighted by molar-refractivity contribution is 0.0232. The van der Waals surface area contributed by atoms with Crippen LogP contribution in [0.15, 0.2) is 35.0 Å². The minimum absolute atomic E-state index is 0.186. The van der Waals surface area contributed by atoms with Gasteiger partial charge in [-0.2, -0.15) is 5.10 Å². The molecule has 26 heavy (non-hydrogen) atoms. The highest BCUT2D eigenvalue weighted by Crippen LogP contribution is 2.38. The zero-order valence-electron chi connectivity index (χ0n) is 15.2. The molecule has 6 nitrogen and oxygen atoms in total. The molecule has 4 rings (SSSR count). The second-order valence-electron chi connectivity index (χ2n) is 7.34. The number of aliphatic hydroxyl groups excluding tert-OH is 1. The number of benzene rings is 1.